The second kappa shape index (κ2) is 5.95. The number of amidine groups is 1. The van der Waals surface area contributed by atoms with Gasteiger partial charge < -0.3 is 15.8 Å². The fourth-order valence-electron chi connectivity index (χ4n) is 1.71. The van der Waals surface area contributed by atoms with E-state index in [1.54, 1.807) is 11.3 Å². The largest absolute Gasteiger partial charge is 0.409 e. The van der Waals surface area contributed by atoms with Crippen LogP contribution in [-0.2, 0) is 6.54 Å². The lowest BCUT2D eigenvalue weighted by atomic mass is 10.2. The van der Waals surface area contributed by atoms with Crippen LogP contribution in [-0.4, -0.2) is 18.1 Å². The number of nitrogens with two attached hydrogens (primary N) is 1. The summed E-state index contributed by atoms with van der Waals surface area (Å²) in [6.45, 7) is 0.792. The van der Waals surface area contributed by atoms with Gasteiger partial charge in [-0.2, -0.15) is 0 Å². The molecule has 0 fully saturated rings. The Labute approximate surface area is 120 Å². The maximum atomic E-state index is 8.61. The lowest BCUT2D eigenvalue weighted by Crippen LogP contribution is -2.16. The van der Waals surface area contributed by atoms with E-state index in [-0.39, 0.29) is 5.84 Å². The van der Waals surface area contributed by atoms with Crippen molar-refractivity contribution in [3.05, 3.63) is 51.2 Å². The number of benzene rings is 1. The third-order valence-corrected chi connectivity index (χ3v) is 3.95. The predicted octanol–water partition coefficient (Wildman–Crippen LogP) is 3.13. The summed E-state index contributed by atoms with van der Waals surface area (Å²) in [5.74, 6) is 0.110. The number of anilines is 1. The van der Waals surface area contributed by atoms with Crippen LogP contribution in [0.3, 0.4) is 0 Å². The zero-order valence-electron chi connectivity index (χ0n) is 10.4. The summed E-state index contributed by atoms with van der Waals surface area (Å²) in [6, 6.07) is 11.4. The monoisotopic (exact) mass is 295 g/mol. The van der Waals surface area contributed by atoms with Gasteiger partial charge in [-0.3, -0.25) is 0 Å². The first kappa shape index (κ1) is 13.7. The molecule has 0 spiro atoms. The second-order valence-electron chi connectivity index (χ2n) is 4.09. The molecule has 0 aliphatic heterocycles. The molecule has 0 saturated heterocycles. The van der Waals surface area contributed by atoms with Gasteiger partial charge >= 0.3 is 0 Å². The highest BCUT2D eigenvalue weighted by molar-refractivity contribution is 7.16. The average molecular weight is 296 g/mol. The van der Waals surface area contributed by atoms with Crippen LogP contribution >= 0.6 is 22.9 Å². The minimum Gasteiger partial charge on any atom is -0.409 e. The van der Waals surface area contributed by atoms with Crippen molar-refractivity contribution in [1.29, 1.82) is 0 Å². The quantitative estimate of drug-likeness (QED) is 0.394. The van der Waals surface area contributed by atoms with Gasteiger partial charge in [-0.15, -0.1) is 11.3 Å². The lowest BCUT2D eigenvalue weighted by molar-refractivity contribution is 0.318. The summed E-state index contributed by atoms with van der Waals surface area (Å²) >= 11 is 7.48. The molecule has 0 atom stereocenters. The van der Waals surface area contributed by atoms with E-state index in [9.17, 15) is 0 Å². The number of rotatable bonds is 4. The molecule has 1 aromatic heterocycles. The molecule has 0 bridgehead atoms. The molecular weight excluding hydrogens is 282 g/mol. The van der Waals surface area contributed by atoms with Crippen LogP contribution in [0.4, 0.5) is 5.69 Å². The normalized spacial score (nSPS) is 11.6. The third kappa shape index (κ3) is 3.39. The summed E-state index contributed by atoms with van der Waals surface area (Å²) in [4.78, 5) is 3.31. The molecule has 0 aliphatic carbocycles. The van der Waals surface area contributed by atoms with Gasteiger partial charge in [0.25, 0.3) is 0 Å². The van der Waals surface area contributed by atoms with Crippen LogP contribution in [0.15, 0.2) is 41.6 Å². The van der Waals surface area contributed by atoms with Gasteiger partial charge in [0.1, 0.15) is 0 Å². The van der Waals surface area contributed by atoms with Crippen LogP contribution in [0.25, 0.3) is 0 Å². The molecule has 2 aromatic rings. The smallest absolute Gasteiger partial charge is 0.170 e. The molecule has 19 heavy (non-hydrogen) atoms. The van der Waals surface area contributed by atoms with Gasteiger partial charge in [-0.25, -0.2) is 0 Å². The van der Waals surface area contributed by atoms with Gasteiger partial charge in [-0.05, 0) is 36.4 Å². The maximum absolute atomic E-state index is 8.61. The molecule has 4 nitrogen and oxygen atoms in total. The van der Waals surface area contributed by atoms with E-state index in [0.29, 0.717) is 5.56 Å². The maximum Gasteiger partial charge on any atom is 0.170 e. The highest BCUT2D eigenvalue weighted by Gasteiger charge is 2.05. The fourth-order valence-corrected chi connectivity index (χ4v) is 2.85. The summed E-state index contributed by atoms with van der Waals surface area (Å²) in [5, 5.41) is 11.6. The Morgan fingerprint density at radius 3 is 2.53 bits per heavy atom. The van der Waals surface area contributed by atoms with Crippen molar-refractivity contribution < 1.29 is 5.21 Å². The molecule has 2 rings (SSSR count). The first-order valence-electron chi connectivity index (χ1n) is 5.63. The molecule has 0 amide bonds. The van der Waals surface area contributed by atoms with Gasteiger partial charge in [0.15, 0.2) is 5.84 Å². The van der Waals surface area contributed by atoms with Gasteiger partial charge in [0, 0.05) is 23.2 Å². The fraction of sp³-hybridized carbons (Fsp3) is 0.154. The third-order valence-electron chi connectivity index (χ3n) is 2.73. The van der Waals surface area contributed by atoms with Crippen molar-refractivity contribution in [1.82, 2.24) is 0 Å². The van der Waals surface area contributed by atoms with Gasteiger partial charge in [-0.1, -0.05) is 16.8 Å². The highest BCUT2D eigenvalue weighted by Crippen LogP contribution is 2.24. The highest BCUT2D eigenvalue weighted by atomic mass is 35.5. The SMILES string of the molecule is CN(Cc1ccc(Cl)s1)c1ccc(/C(N)=N/O)cc1. The van der Waals surface area contributed by atoms with Crippen molar-refractivity contribution in [3.63, 3.8) is 0 Å². The van der Waals surface area contributed by atoms with Crippen LogP contribution in [0, 0.1) is 0 Å². The first-order chi connectivity index (χ1) is 9.10. The second-order valence-corrected chi connectivity index (χ2v) is 5.89. The Hall–Kier alpha value is -1.72. The summed E-state index contributed by atoms with van der Waals surface area (Å²) < 4.78 is 0.797. The van der Waals surface area contributed by atoms with Crippen molar-refractivity contribution in [2.75, 3.05) is 11.9 Å². The number of oxime groups is 1. The summed E-state index contributed by atoms with van der Waals surface area (Å²) in [7, 11) is 2.01. The predicted molar refractivity (Wildman–Crippen MR) is 80.4 cm³/mol. The zero-order valence-corrected chi connectivity index (χ0v) is 11.9. The molecule has 1 heterocycles. The molecule has 1 aromatic carbocycles. The minimum atomic E-state index is 0.110. The average Bonchev–Trinajstić information content (AvgIpc) is 2.83. The van der Waals surface area contributed by atoms with Crippen LogP contribution in [0.5, 0.6) is 0 Å². The number of thiophene rings is 1. The first-order valence-corrected chi connectivity index (χ1v) is 6.83. The molecule has 0 saturated carbocycles. The topological polar surface area (TPSA) is 61.8 Å². The van der Waals surface area contributed by atoms with E-state index in [2.05, 4.69) is 10.1 Å². The molecule has 100 valence electrons. The summed E-state index contributed by atoms with van der Waals surface area (Å²) in [5.41, 5.74) is 7.27. The van der Waals surface area contributed by atoms with Gasteiger partial charge in [0.05, 0.1) is 10.9 Å². The summed E-state index contributed by atoms with van der Waals surface area (Å²) in [6.07, 6.45) is 0. The van der Waals surface area contributed by atoms with E-state index in [0.717, 1.165) is 16.6 Å². The number of nitrogens with zero attached hydrogens (tertiary/aromatic N) is 2. The van der Waals surface area contributed by atoms with Crippen molar-refractivity contribution >= 4 is 34.5 Å². The standard InChI is InChI=1S/C13H14ClN3OS/c1-17(8-11-6-7-12(14)19-11)10-4-2-9(3-5-10)13(15)16-18/h2-7,18H,8H2,1H3,(H2,15,16). The number of hydrogen-bond acceptors (Lipinski definition) is 4. The van der Waals surface area contributed by atoms with Crippen LogP contribution in [0.2, 0.25) is 4.34 Å². The Kier molecular flexibility index (Phi) is 4.29. The Bertz CT molecular complexity index is 580. The van der Waals surface area contributed by atoms with Crippen molar-refractivity contribution in [3.8, 4) is 0 Å². The number of halogens is 1. The lowest BCUT2D eigenvalue weighted by Gasteiger charge is -2.18. The van der Waals surface area contributed by atoms with E-state index >= 15 is 0 Å². The molecule has 6 heteroatoms. The molecular formula is C13H14ClN3OS. The molecule has 0 aliphatic rings. The van der Waals surface area contributed by atoms with E-state index < -0.39 is 0 Å². The van der Waals surface area contributed by atoms with Crippen molar-refractivity contribution in [2.45, 2.75) is 6.54 Å². The Balaban J connectivity index is 2.09. The van der Waals surface area contributed by atoms with Gasteiger partial charge in [0.2, 0.25) is 0 Å². The van der Waals surface area contributed by atoms with E-state index in [1.165, 1.54) is 4.88 Å². The minimum absolute atomic E-state index is 0.110. The number of hydrogen-bond donors (Lipinski definition) is 2. The van der Waals surface area contributed by atoms with Crippen LogP contribution < -0.4 is 10.6 Å². The van der Waals surface area contributed by atoms with Crippen LogP contribution in [0.1, 0.15) is 10.4 Å². The Morgan fingerprint density at radius 1 is 1.32 bits per heavy atom. The Morgan fingerprint density at radius 2 is 2.00 bits per heavy atom. The van der Waals surface area contributed by atoms with E-state index in [1.807, 2.05) is 43.4 Å². The molecule has 3 N–H and O–H groups in total. The van der Waals surface area contributed by atoms with E-state index in [4.69, 9.17) is 22.5 Å². The zero-order chi connectivity index (χ0) is 13.8. The van der Waals surface area contributed by atoms with Crippen molar-refractivity contribution in [2.24, 2.45) is 10.9 Å². The molecule has 0 radical (unpaired) electrons. The molecule has 0 unspecified atom stereocenters.